The number of halogens is 4. The van der Waals surface area contributed by atoms with Gasteiger partial charge >= 0.3 is 6.18 Å². The van der Waals surface area contributed by atoms with E-state index in [1.807, 2.05) is 0 Å². The van der Waals surface area contributed by atoms with Crippen LogP contribution in [0.3, 0.4) is 0 Å². The largest absolute Gasteiger partial charge is 0.425 e. The van der Waals surface area contributed by atoms with E-state index in [0.717, 1.165) is 4.42 Å². The second-order valence-corrected chi connectivity index (χ2v) is 5.77. The standard InChI is InChI=1S/C16H11ClF3NO2/c1-21(17)14(22)10-6-4-8-12-13(10)9-5-2-3-7-11(9)15(12,23)16(18,19)20/h2-8,23H,1H3. The summed E-state index contributed by atoms with van der Waals surface area (Å²) in [5, 5.41) is 10.5. The fourth-order valence-electron chi connectivity index (χ4n) is 2.96. The Kier molecular flexibility index (Phi) is 3.42. The molecule has 0 bridgehead atoms. The number of nitrogens with zero attached hydrogens (tertiary/aromatic N) is 1. The van der Waals surface area contributed by atoms with Gasteiger partial charge in [-0.2, -0.15) is 13.2 Å². The van der Waals surface area contributed by atoms with Gasteiger partial charge in [-0.05, 0) is 11.6 Å². The number of benzene rings is 2. The van der Waals surface area contributed by atoms with Crippen molar-refractivity contribution in [2.75, 3.05) is 7.05 Å². The highest BCUT2D eigenvalue weighted by Gasteiger charge is 2.61. The number of aliphatic hydroxyl groups is 1. The van der Waals surface area contributed by atoms with Gasteiger partial charge in [0, 0.05) is 41.1 Å². The van der Waals surface area contributed by atoms with Crippen LogP contribution in [0.25, 0.3) is 11.1 Å². The molecule has 23 heavy (non-hydrogen) atoms. The van der Waals surface area contributed by atoms with Gasteiger partial charge < -0.3 is 5.11 Å². The molecule has 0 heterocycles. The van der Waals surface area contributed by atoms with Crippen LogP contribution in [-0.4, -0.2) is 28.7 Å². The van der Waals surface area contributed by atoms with E-state index in [1.165, 1.54) is 43.4 Å². The van der Waals surface area contributed by atoms with Crippen molar-refractivity contribution in [3.05, 3.63) is 59.2 Å². The summed E-state index contributed by atoms with van der Waals surface area (Å²) in [6.45, 7) is 0. The Balaban J connectivity index is 2.40. The lowest BCUT2D eigenvalue weighted by atomic mass is 9.90. The third-order valence-corrected chi connectivity index (χ3v) is 4.11. The molecule has 0 aromatic heterocycles. The Bertz CT molecular complexity index is 804. The van der Waals surface area contributed by atoms with Crippen LogP contribution in [0.4, 0.5) is 13.2 Å². The van der Waals surface area contributed by atoms with Crippen molar-refractivity contribution in [2.45, 2.75) is 11.8 Å². The summed E-state index contributed by atoms with van der Waals surface area (Å²) in [5.74, 6) is -0.648. The highest BCUT2D eigenvalue weighted by molar-refractivity contribution is 6.25. The van der Waals surface area contributed by atoms with E-state index in [4.69, 9.17) is 11.8 Å². The number of carbonyl (C=O) groups excluding carboxylic acids is 1. The maximum atomic E-state index is 13.6. The second kappa shape index (κ2) is 4.97. The lowest BCUT2D eigenvalue weighted by Gasteiger charge is -2.28. The molecule has 0 radical (unpaired) electrons. The van der Waals surface area contributed by atoms with Gasteiger partial charge in [0.15, 0.2) is 0 Å². The Morgan fingerprint density at radius 1 is 1.13 bits per heavy atom. The Morgan fingerprint density at radius 2 is 1.74 bits per heavy atom. The van der Waals surface area contributed by atoms with Gasteiger partial charge in [-0.25, -0.2) is 0 Å². The quantitative estimate of drug-likeness (QED) is 0.804. The smallest absolute Gasteiger partial charge is 0.372 e. The zero-order valence-electron chi connectivity index (χ0n) is 11.9. The van der Waals surface area contributed by atoms with Crippen LogP contribution >= 0.6 is 11.8 Å². The summed E-state index contributed by atoms with van der Waals surface area (Å²) in [6.07, 6.45) is -4.93. The molecule has 1 amide bonds. The maximum absolute atomic E-state index is 13.6. The molecule has 120 valence electrons. The number of hydrogen-bond donors (Lipinski definition) is 1. The molecule has 1 unspecified atom stereocenters. The van der Waals surface area contributed by atoms with Crippen molar-refractivity contribution in [3.8, 4) is 11.1 Å². The number of fused-ring (bicyclic) bond motifs is 3. The lowest BCUT2D eigenvalue weighted by Crippen LogP contribution is -2.41. The number of alkyl halides is 3. The summed E-state index contributed by atoms with van der Waals surface area (Å²) in [6, 6.07) is 9.49. The van der Waals surface area contributed by atoms with Crippen LogP contribution in [0.15, 0.2) is 42.5 Å². The zero-order valence-corrected chi connectivity index (χ0v) is 12.6. The first-order chi connectivity index (χ1) is 10.7. The number of rotatable bonds is 1. The molecule has 0 saturated heterocycles. The van der Waals surface area contributed by atoms with E-state index < -0.39 is 17.7 Å². The van der Waals surface area contributed by atoms with Crippen molar-refractivity contribution in [3.63, 3.8) is 0 Å². The summed E-state index contributed by atoms with van der Waals surface area (Å²) >= 11 is 5.65. The van der Waals surface area contributed by atoms with E-state index in [1.54, 1.807) is 6.07 Å². The van der Waals surface area contributed by atoms with Crippen molar-refractivity contribution < 1.29 is 23.1 Å². The molecular weight excluding hydrogens is 331 g/mol. The van der Waals surface area contributed by atoms with Crippen molar-refractivity contribution in [1.82, 2.24) is 4.42 Å². The van der Waals surface area contributed by atoms with E-state index in [-0.39, 0.29) is 27.8 Å². The molecule has 7 heteroatoms. The van der Waals surface area contributed by atoms with Gasteiger partial charge in [0.25, 0.3) is 5.91 Å². The van der Waals surface area contributed by atoms with Crippen molar-refractivity contribution in [1.29, 1.82) is 0 Å². The minimum Gasteiger partial charge on any atom is -0.372 e. The lowest BCUT2D eigenvalue weighted by molar-refractivity contribution is -0.246. The van der Waals surface area contributed by atoms with Crippen LogP contribution in [0.5, 0.6) is 0 Å². The fourth-order valence-corrected chi connectivity index (χ4v) is 3.05. The zero-order chi connectivity index (χ0) is 17.0. The topological polar surface area (TPSA) is 40.5 Å². The first-order valence-electron chi connectivity index (χ1n) is 6.66. The van der Waals surface area contributed by atoms with E-state index >= 15 is 0 Å². The SMILES string of the molecule is CN(Cl)C(=O)c1cccc2c1-c1ccccc1C2(O)C(F)(F)F. The Hall–Kier alpha value is -2.05. The minimum absolute atomic E-state index is 0.00706. The van der Waals surface area contributed by atoms with Crippen molar-refractivity contribution >= 4 is 17.7 Å². The predicted molar refractivity (Wildman–Crippen MR) is 78.9 cm³/mol. The summed E-state index contributed by atoms with van der Waals surface area (Å²) < 4.78 is 41.6. The van der Waals surface area contributed by atoms with Gasteiger partial charge in [0.2, 0.25) is 5.60 Å². The first-order valence-corrected chi connectivity index (χ1v) is 6.99. The molecule has 2 aromatic carbocycles. The predicted octanol–water partition coefficient (Wildman–Crippen LogP) is 3.69. The molecule has 0 fully saturated rings. The number of amides is 1. The molecule has 1 atom stereocenters. The van der Waals surface area contributed by atoms with Crippen LogP contribution < -0.4 is 0 Å². The van der Waals surface area contributed by atoms with Gasteiger partial charge in [-0.3, -0.25) is 9.21 Å². The molecule has 1 aliphatic carbocycles. The minimum atomic E-state index is -4.93. The van der Waals surface area contributed by atoms with Crippen LogP contribution in [-0.2, 0) is 5.60 Å². The highest BCUT2D eigenvalue weighted by atomic mass is 35.5. The first kappa shape index (κ1) is 15.8. The average molecular weight is 342 g/mol. The molecule has 1 aliphatic rings. The van der Waals surface area contributed by atoms with Crippen molar-refractivity contribution in [2.24, 2.45) is 0 Å². The Morgan fingerprint density at radius 3 is 2.35 bits per heavy atom. The summed E-state index contributed by atoms with van der Waals surface area (Å²) in [4.78, 5) is 12.2. The number of hydrogen-bond acceptors (Lipinski definition) is 2. The Labute approximate surface area is 135 Å². The van der Waals surface area contributed by atoms with Gasteiger partial charge in [0.1, 0.15) is 0 Å². The molecule has 0 saturated carbocycles. The summed E-state index contributed by atoms with van der Waals surface area (Å²) in [5.41, 5.74) is -3.58. The fraction of sp³-hybridized carbons (Fsp3) is 0.188. The summed E-state index contributed by atoms with van der Waals surface area (Å²) in [7, 11) is 1.29. The third-order valence-electron chi connectivity index (χ3n) is 3.96. The third kappa shape index (κ3) is 2.05. The van der Waals surface area contributed by atoms with Gasteiger partial charge in [0.05, 0.1) is 0 Å². The van der Waals surface area contributed by atoms with Gasteiger partial charge in [-0.15, -0.1) is 0 Å². The number of carbonyl (C=O) groups is 1. The van der Waals surface area contributed by atoms with E-state index in [9.17, 15) is 23.1 Å². The molecule has 3 rings (SSSR count). The molecular formula is C16H11ClF3NO2. The second-order valence-electron chi connectivity index (χ2n) is 5.26. The molecule has 3 nitrogen and oxygen atoms in total. The van der Waals surface area contributed by atoms with Crippen LogP contribution in [0.2, 0.25) is 0 Å². The van der Waals surface area contributed by atoms with E-state index in [0.29, 0.717) is 0 Å². The maximum Gasteiger partial charge on any atom is 0.425 e. The molecule has 0 spiro atoms. The highest BCUT2D eigenvalue weighted by Crippen LogP contribution is 2.55. The van der Waals surface area contributed by atoms with Gasteiger partial charge in [-0.1, -0.05) is 36.4 Å². The normalized spacial score (nSPS) is 19.2. The van der Waals surface area contributed by atoms with Crippen LogP contribution in [0, 0.1) is 0 Å². The monoisotopic (exact) mass is 341 g/mol. The van der Waals surface area contributed by atoms with Crippen LogP contribution in [0.1, 0.15) is 21.5 Å². The molecule has 0 aliphatic heterocycles. The molecule has 1 N–H and O–H groups in total. The average Bonchev–Trinajstić information content (AvgIpc) is 2.77. The van der Waals surface area contributed by atoms with E-state index in [2.05, 4.69) is 0 Å². The molecule has 2 aromatic rings.